The maximum absolute atomic E-state index is 5.15. The average molecular weight is 285 g/mol. The van der Waals surface area contributed by atoms with Gasteiger partial charge in [0.15, 0.2) is 0 Å². The lowest BCUT2D eigenvalue weighted by Gasteiger charge is -2.22. The van der Waals surface area contributed by atoms with Crippen LogP contribution in [0.1, 0.15) is 26.3 Å². The van der Waals surface area contributed by atoms with Crippen molar-refractivity contribution in [3.63, 3.8) is 0 Å². The zero-order valence-corrected chi connectivity index (χ0v) is 12.1. The van der Waals surface area contributed by atoms with E-state index in [9.17, 15) is 0 Å². The van der Waals surface area contributed by atoms with Gasteiger partial charge >= 0.3 is 0 Å². The van der Waals surface area contributed by atoms with Crippen LogP contribution in [0.2, 0.25) is 0 Å². The van der Waals surface area contributed by atoms with E-state index in [0.29, 0.717) is 16.7 Å². The van der Waals surface area contributed by atoms with Crippen molar-refractivity contribution in [2.24, 2.45) is 11.8 Å². The van der Waals surface area contributed by atoms with E-state index in [4.69, 9.17) is 4.74 Å². The number of methoxy groups -OCH3 is 1. The van der Waals surface area contributed by atoms with Crippen molar-refractivity contribution in [3.8, 4) is 5.75 Å². The third kappa shape index (κ3) is 3.82. The summed E-state index contributed by atoms with van der Waals surface area (Å²) in [6.07, 6.45) is 1.07. The van der Waals surface area contributed by atoms with Gasteiger partial charge in [-0.05, 0) is 36.0 Å². The number of benzene rings is 1. The zero-order chi connectivity index (χ0) is 12.1. The third-order valence-electron chi connectivity index (χ3n) is 3.21. The van der Waals surface area contributed by atoms with Crippen LogP contribution in [0, 0.1) is 11.8 Å². The SMILES string of the molecule is COc1ccc(CC(Br)C(C)C(C)C)cc1. The Morgan fingerprint density at radius 1 is 1.12 bits per heavy atom. The maximum atomic E-state index is 5.15. The molecular weight excluding hydrogens is 264 g/mol. The topological polar surface area (TPSA) is 9.23 Å². The molecule has 0 aliphatic heterocycles. The molecule has 0 aromatic heterocycles. The van der Waals surface area contributed by atoms with Gasteiger partial charge in [-0.2, -0.15) is 0 Å². The molecule has 0 N–H and O–H groups in total. The number of rotatable bonds is 5. The maximum Gasteiger partial charge on any atom is 0.118 e. The van der Waals surface area contributed by atoms with Crippen molar-refractivity contribution < 1.29 is 4.74 Å². The third-order valence-corrected chi connectivity index (χ3v) is 4.37. The fourth-order valence-electron chi connectivity index (χ4n) is 1.59. The van der Waals surface area contributed by atoms with Gasteiger partial charge in [-0.3, -0.25) is 0 Å². The monoisotopic (exact) mass is 284 g/mol. The Morgan fingerprint density at radius 3 is 2.12 bits per heavy atom. The molecule has 0 radical (unpaired) electrons. The van der Waals surface area contributed by atoms with Crippen molar-refractivity contribution in [2.45, 2.75) is 32.0 Å². The molecule has 2 heteroatoms. The molecular formula is C14H21BrO. The van der Waals surface area contributed by atoms with E-state index in [1.165, 1.54) is 5.56 Å². The van der Waals surface area contributed by atoms with Crippen molar-refractivity contribution in [2.75, 3.05) is 7.11 Å². The zero-order valence-electron chi connectivity index (χ0n) is 10.5. The summed E-state index contributed by atoms with van der Waals surface area (Å²) in [5.74, 6) is 2.32. The number of hydrogen-bond donors (Lipinski definition) is 0. The lowest BCUT2D eigenvalue weighted by atomic mass is 9.91. The Morgan fingerprint density at radius 2 is 1.69 bits per heavy atom. The van der Waals surface area contributed by atoms with Crippen LogP contribution in [0.4, 0.5) is 0 Å². The first-order valence-corrected chi connectivity index (χ1v) is 6.73. The Balaban J connectivity index is 2.59. The second kappa shape index (κ2) is 6.29. The molecule has 0 spiro atoms. The van der Waals surface area contributed by atoms with Gasteiger partial charge in [0, 0.05) is 4.83 Å². The first-order chi connectivity index (χ1) is 7.54. The molecule has 0 saturated carbocycles. The van der Waals surface area contributed by atoms with Crippen molar-refractivity contribution in [1.29, 1.82) is 0 Å². The standard InChI is InChI=1S/C14H21BrO/c1-10(2)11(3)14(15)9-12-5-7-13(16-4)8-6-12/h5-8,10-11,14H,9H2,1-4H3. The summed E-state index contributed by atoms with van der Waals surface area (Å²) in [4.78, 5) is 0.542. The van der Waals surface area contributed by atoms with E-state index in [-0.39, 0.29) is 0 Å². The predicted molar refractivity (Wildman–Crippen MR) is 73.4 cm³/mol. The summed E-state index contributed by atoms with van der Waals surface area (Å²) in [7, 11) is 1.70. The summed E-state index contributed by atoms with van der Waals surface area (Å²) in [5.41, 5.74) is 1.36. The summed E-state index contributed by atoms with van der Waals surface area (Å²) in [6.45, 7) is 6.84. The van der Waals surface area contributed by atoms with Gasteiger partial charge in [0.05, 0.1) is 7.11 Å². The van der Waals surface area contributed by atoms with E-state index in [2.05, 4.69) is 48.8 Å². The molecule has 1 aromatic carbocycles. The van der Waals surface area contributed by atoms with Crippen LogP contribution in [-0.2, 0) is 6.42 Å². The molecule has 90 valence electrons. The Labute approximate surface area is 107 Å². The molecule has 16 heavy (non-hydrogen) atoms. The molecule has 0 bridgehead atoms. The number of alkyl halides is 1. The number of hydrogen-bond acceptors (Lipinski definition) is 1. The fraction of sp³-hybridized carbons (Fsp3) is 0.571. The summed E-state index contributed by atoms with van der Waals surface area (Å²) >= 11 is 3.78. The van der Waals surface area contributed by atoms with E-state index in [0.717, 1.165) is 12.2 Å². The largest absolute Gasteiger partial charge is 0.497 e. The lowest BCUT2D eigenvalue weighted by Crippen LogP contribution is -2.19. The molecule has 0 saturated heterocycles. The van der Waals surface area contributed by atoms with Crippen molar-refractivity contribution in [3.05, 3.63) is 29.8 Å². The van der Waals surface area contributed by atoms with Crippen LogP contribution in [-0.4, -0.2) is 11.9 Å². The Hall–Kier alpha value is -0.500. The molecule has 1 nitrogen and oxygen atoms in total. The van der Waals surface area contributed by atoms with Crippen LogP contribution in [0.3, 0.4) is 0 Å². The minimum Gasteiger partial charge on any atom is -0.497 e. The minimum absolute atomic E-state index is 0.542. The molecule has 0 aliphatic rings. The molecule has 1 aromatic rings. The quantitative estimate of drug-likeness (QED) is 0.733. The highest BCUT2D eigenvalue weighted by Gasteiger charge is 2.17. The summed E-state index contributed by atoms with van der Waals surface area (Å²) in [5, 5.41) is 0. The second-order valence-electron chi connectivity index (χ2n) is 4.67. The smallest absolute Gasteiger partial charge is 0.118 e. The molecule has 1 rings (SSSR count). The van der Waals surface area contributed by atoms with Crippen LogP contribution in [0.15, 0.2) is 24.3 Å². The molecule has 0 heterocycles. The van der Waals surface area contributed by atoms with Gasteiger partial charge in [0.25, 0.3) is 0 Å². The van der Waals surface area contributed by atoms with Gasteiger partial charge < -0.3 is 4.74 Å². The first-order valence-electron chi connectivity index (χ1n) is 5.81. The lowest BCUT2D eigenvalue weighted by molar-refractivity contribution is 0.406. The number of ether oxygens (including phenoxy) is 1. The Kier molecular flexibility index (Phi) is 5.33. The number of halogens is 1. The molecule has 0 aliphatic carbocycles. The highest BCUT2D eigenvalue weighted by Crippen LogP contribution is 2.25. The highest BCUT2D eigenvalue weighted by molar-refractivity contribution is 9.09. The normalized spacial score (nSPS) is 14.9. The van der Waals surface area contributed by atoms with Crippen LogP contribution >= 0.6 is 15.9 Å². The van der Waals surface area contributed by atoms with Crippen LogP contribution in [0.5, 0.6) is 5.75 Å². The minimum atomic E-state index is 0.542. The van der Waals surface area contributed by atoms with Crippen molar-refractivity contribution in [1.82, 2.24) is 0 Å². The van der Waals surface area contributed by atoms with E-state index in [1.54, 1.807) is 7.11 Å². The van der Waals surface area contributed by atoms with Gasteiger partial charge in [-0.1, -0.05) is 48.8 Å². The van der Waals surface area contributed by atoms with E-state index >= 15 is 0 Å². The molecule has 0 amide bonds. The second-order valence-corrected chi connectivity index (χ2v) is 5.85. The summed E-state index contributed by atoms with van der Waals surface area (Å²) in [6, 6.07) is 8.32. The van der Waals surface area contributed by atoms with E-state index in [1.807, 2.05) is 12.1 Å². The van der Waals surface area contributed by atoms with Crippen molar-refractivity contribution >= 4 is 15.9 Å². The van der Waals surface area contributed by atoms with Gasteiger partial charge in [-0.15, -0.1) is 0 Å². The highest BCUT2D eigenvalue weighted by atomic mass is 79.9. The molecule has 2 atom stereocenters. The fourth-order valence-corrected chi connectivity index (χ4v) is 2.57. The van der Waals surface area contributed by atoms with Gasteiger partial charge in [0.2, 0.25) is 0 Å². The van der Waals surface area contributed by atoms with Crippen LogP contribution < -0.4 is 4.74 Å². The predicted octanol–water partition coefficient (Wildman–Crippen LogP) is 4.29. The molecule has 2 unspecified atom stereocenters. The van der Waals surface area contributed by atoms with E-state index < -0.39 is 0 Å². The Bertz CT molecular complexity index is 305. The van der Waals surface area contributed by atoms with Gasteiger partial charge in [0.1, 0.15) is 5.75 Å². The summed E-state index contributed by atoms with van der Waals surface area (Å²) < 4.78 is 5.15. The molecule has 0 fully saturated rings. The first kappa shape index (κ1) is 13.6. The van der Waals surface area contributed by atoms with Crippen LogP contribution in [0.25, 0.3) is 0 Å². The van der Waals surface area contributed by atoms with Gasteiger partial charge in [-0.25, -0.2) is 0 Å². The average Bonchev–Trinajstić information content (AvgIpc) is 2.28.